The minimum atomic E-state index is 0.145. The summed E-state index contributed by atoms with van der Waals surface area (Å²) in [6.07, 6.45) is 6.12. The van der Waals surface area contributed by atoms with Gasteiger partial charge < -0.3 is 5.73 Å². The number of nitrogens with zero attached hydrogens (tertiary/aromatic N) is 2. The summed E-state index contributed by atoms with van der Waals surface area (Å²) in [6.45, 7) is 3.64. The lowest BCUT2D eigenvalue weighted by molar-refractivity contribution is 0.767. The number of nitrogens with two attached hydrogens (primary N) is 1. The summed E-state index contributed by atoms with van der Waals surface area (Å²) in [5, 5.41) is 0.780. The summed E-state index contributed by atoms with van der Waals surface area (Å²) in [5.41, 5.74) is 5.78. The zero-order chi connectivity index (χ0) is 9.52. The second-order valence-electron chi connectivity index (χ2n) is 2.63. The maximum atomic E-state index is 5.78. The molecular formula is C9H13N3S. The number of hydrogen-bond acceptors (Lipinski definition) is 4. The second kappa shape index (κ2) is 5.72. The summed E-state index contributed by atoms with van der Waals surface area (Å²) in [5.74, 6) is 0.829. The van der Waals surface area contributed by atoms with Crippen molar-refractivity contribution in [3.05, 3.63) is 31.1 Å². The van der Waals surface area contributed by atoms with Gasteiger partial charge in [-0.15, -0.1) is 6.58 Å². The Morgan fingerprint density at radius 1 is 1.54 bits per heavy atom. The Morgan fingerprint density at radius 2 is 2.23 bits per heavy atom. The average Bonchev–Trinajstić information content (AvgIpc) is 2.17. The van der Waals surface area contributed by atoms with Crippen molar-refractivity contribution in [1.82, 2.24) is 9.97 Å². The van der Waals surface area contributed by atoms with Crippen molar-refractivity contribution < 1.29 is 0 Å². The lowest BCUT2D eigenvalue weighted by Gasteiger charge is -2.06. The van der Waals surface area contributed by atoms with Crippen molar-refractivity contribution in [3.63, 3.8) is 0 Å². The standard InChI is InChI=1S/C9H13N3S/c1-2-4-8(10)7-13-9-11-5-3-6-12-9/h2-3,5-6,8H,1,4,7,10H2/t8-/m0/s1. The van der Waals surface area contributed by atoms with E-state index in [0.29, 0.717) is 0 Å². The van der Waals surface area contributed by atoms with Crippen LogP contribution in [-0.2, 0) is 0 Å². The van der Waals surface area contributed by atoms with Gasteiger partial charge in [-0.3, -0.25) is 0 Å². The fourth-order valence-electron chi connectivity index (χ4n) is 0.824. The first-order valence-corrected chi connectivity index (χ1v) is 5.08. The van der Waals surface area contributed by atoms with Crippen molar-refractivity contribution in [3.8, 4) is 0 Å². The number of thioether (sulfide) groups is 1. The Morgan fingerprint density at radius 3 is 2.85 bits per heavy atom. The smallest absolute Gasteiger partial charge is 0.187 e. The Kier molecular flexibility index (Phi) is 4.49. The third-order valence-electron chi connectivity index (χ3n) is 1.44. The summed E-state index contributed by atoms with van der Waals surface area (Å²) >= 11 is 1.57. The molecule has 0 saturated carbocycles. The largest absolute Gasteiger partial charge is 0.327 e. The molecule has 0 aliphatic carbocycles. The molecule has 70 valence electrons. The molecule has 0 amide bonds. The van der Waals surface area contributed by atoms with Gasteiger partial charge in [0.1, 0.15) is 0 Å². The molecule has 0 unspecified atom stereocenters. The Bertz CT molecular complexity index is 250. The fourth-order valence-corrected chi connectivity index (χ4v) is 1.59. The Labute approximate surface area is 82.5 Å². The van der Waals surface area contributed by atoms with E-state index in [2.05, 4.69) is 16.5 Å². The van der Waals surface area contributed by atoms with Gasteiger partial charge >= 0.3 is 0 Å². The molecule has 13 heavy (non-hydrogen) atoms. The van der Waals surface area contributed by atoms with Crippen molar-refractivity contribution >= 4 is 11.8 Å². The van der Waals surface area contributed by atoms with Gasteiger partial charge in [0.2, 0.25) is 0 Å². The first-order valence-electron chi connectivity index (χ1n) is 4.09. The van der Waals surface area contributed by atoms with Crippen LogP contribution in [-0.4, -0.2) is 21.8 Å². The van der Waals surface area contributed by atoms with Crippen LogP contribution in [0.2, 0.25) is 0 Å². The van der Waals surface area contributed by atoms with Crippen molar-refractivity contribution in [2.45, 2.75) is 17.6 Å². The highest BCUT2D eigenvalue weighted by atomic mass is 32.2. The minimum Gasteiger partial charge on any atom is -0.327 e. The maximum absolute atomic E-state index is 5.78. The van der Waals surface area contributed by atoms with E-state index in [9.17, 15) is 0 Å². The van der Waals surface area contributed by atoms with Gasteiger partial charge in [-0.2, -0.15) is 0 Å². The van der Waals surface area contributed by atoms with E-state index in [1.54, 1.807) is 30.2 Å². The summed E-state index contributed by atoms with van der Waals surface area (Å²) in [6, 6.07) is 1.94. The molecule has 2 N–H and O–H groups in total. The zero-order valence-electron chi connectivity index (χ0n) is 7.39. The van der Waals surface area contributed by atoms with Gasteiger partial charge in [0, 0.05) is 24.2 Å². The molecule has 4 heteroatoms. The van der Waals surface area contributed by atoms with E-state index in [0.717, 1.165) is 17.3 Å². The van der Waals surface area contributed by atoms with Crippen LogP contribution in [0, 0.1) is 0 Å². The van der Waals surface area contributed by atoms with Crippen LogP contribution in [0.1, 0.15) is 6.42 Å². The third-order valence-corrected chi connectivity index (χ3v) is 2.50. The van der Waals surface area contributed by atoms with E-state index in [4.69, 9.17) is 5.73 Å². The summed E-state index contributed by atoms with van der Waals surface area (Å²) < 4.78 is 0. The number of rotatable bonds is 5. The highest BCUT2D eigenvalue weighted by Crippen LogP contribution is 2.12. The minimum absolute atomic E-state index is 0.145. The van der Waals surface area contributed by atoms with Gasteiger partial charge in [0.05, 0.1) is 0 Å². The van der Waals surface area contributed by atoms with E-state index in [-0.39, 0.29) is 6.04 Å². The SMILES string of the molecule is C=CC[C@H](N)CSc1ncccn1. The molecular weight excluding hydrogens is 182 g/mol. The monoisotopic (exact) mass is 195 g/mol. The van der Waals surface area contributed by atoms with Crippen LogP contribution in [0.15, 0.2) is 36.3 Å². The number of aromatic nitrogens is 2. The predicted octanol–water partition coefficient (Wildman–Crippen LogP) is 1.47. The normalized spacial score (nSPS) is 12.4. The van der Waals surface area contributed by atoms with Crippen LogP contribution < -0.4 is 5.73 Å². The molecule has 0 bridgehead atoms. The first kappa shape index (κ1) is 10.2. The Balaban J connectivity index is 2.30. The van der Waals surface area contributed by atoms with Crippen LogP contribution in [0.3, 0.4) is 0 Å². The molecule has 0 aliphatic rings. The molecule has 1 rings (SSSR count). The molecule has 0 aliphatic heterocycles. The van der Waals surface area contributed by atoms with Gasteiger partial charge in [0.15, 0.2) is 5.16 Å². The van der Waals surface area contributed by atoms with Gasteiger partial charge in [0.25, 0.3) is 0 Å². The number of hydrogen-bond donors (Lipinski definition) is 1. The highest BCUT2D eigenvalue weighted by molar-refractivity contribution is 7.99. The lowest BCUT2D eigenvalue weighted by atomic mass is 10.2. The quantitative estimate of drug-likeness (QED) is 0.439. The molecule has 0 saturated heterocycles. The van der Waals surface area contributed by atoms with E-state index in [1.807, 2.05) is 6.08 Å². The van der Waals surface area contributed by atoms with E-state index in [1.165, 1.54) is 0 Å². The van der Waals surface area contributed by atoms with Crippen LogP contribution in [0.4, 0.5) is 0 Å². The second-order valence-corrected chi connectivity index (χ2v) is 3.61. The van der Waals surface area contributed by atoms with Crippen LogP contribution >= 0.6 is 11.8 Å². The van der Waals surface area contributed by atoms with Crippen LogP contribution in [0.25, 0.3) is 0 Å². The third kappa shape index (κ3) is 4.05. The molecule has 0 fully saturated rings. The molecule has 1 aromatic heterocycles. The van der Waals surface area contributed by atoms with E-state index < -0.39 is 0 Å². The Hall–Kier alpha value is -0.870. The van der Waals surface area contributed by atoms with Crippen molar-refractivity contribution in [2.24, 2.45) is 5.73 Å². The average molecular weight is 195 g/mol. The molecule has 1 aromatic rings. The topological polar surface area (TPSA) is 51.8 Å². The zero-order valence-corrected chi connectivity index (χ0v) is 8.20. The molecule has 1 heterocycles. The van der Waals surface area contributed by atoms with Crippen molar-refractivity contribution in [2.75, 3.05) is 5.75 Å². The summed E-state index contributed by atoms with van der Waals surface area (Å²) in [7, 11) is 0. The van der Waals surface area contributed by atoms with Gasteiger partial charge in [-0.25, -0.2) is 9.97 Å². The van der Waals surface area contributed by atoms with Crippen molar-refractivity contribution in [1.29, 1.82) is 0 Å². The maximum Gasteiger partial charge on any atom is 0.187 e. The molecule has 0 spiro atoms. The molecule has 1 atom stereocenters. The molecule has 0 aromatic carbocycles. The van der Waals surface area contributed by atoms with Gasteiger partial charge in [-0.1, -0.05) is 17.8 Å². The fraction of sp³-hybridized carbons (Fsp3) is 0.333. The molecule has 0 radical (unpaired) electrons. The van der Waals surface area contributed by atoms with E-state index >= 15 is 0 Å². The van der Waals surface area contributed by atoms with Crippen LogP contribution in [0.5, 0.6) is 0 Å². The van der Waals surface area contributed by atoms with Gasteiger partial charge in [-0.05, 0) is 12.5 Å². The molecule has 3 nitrogen and oxygen atoms in total. The summed E-state index contributed by atoms with van der Waals surface area (Å²) in [4.78, 5) is 8.16. The highest BCUT2D eigenvalue weighted by Gasteiger charge is 2.02. The lowest BCUT2D eigenvalue weighted by Crippen LogP contribution is -2.21. The predicted molar refractivity (Wildman–Crippen MR) is 55.5 cm³/mol. The first-order chi connectivity index (χ1) is 6.33.